The maximum absolute atomic E-state index is 13.9. The van der Waals surface area contributed by atoms with Crippen LogP contribution in [0.1, 0.15) is 37.5 Å². The largest absolute Gasteiger partial charge is 0.507 e. The second kappa shape index (κ2) is 8.78. The van der Waals surface area contributed by atoms with E-state index in [2.05, 4.69) is 20.8 Å². The van der Waals surface area contributed by atoms with E-state index in [9.17, 15) is 23.1 Å². The third-order valence-corrected chi connectivity index (χ3v) is 6.36. The van der Waals surface area contributed by atoms with Crippen molar-refractivity contribution in [3.8, 4) is 17.2 Å². The van der Waals surface area contributed by atoms with Crippen molar-refractivity contribution in [3.05, 3.63) is 62.4 Å². The fraction of sp³-hybridized carbons (Fsp3) is 0.348. The molecular formula is C23H21BrF3NO4. The Hall–Kier alpha value is -2.52. The number of halogens is 4. The molecule has 1 aliphatic heterocycles. The molecule has 5 nitrogen and oxygen atoms in total. The molecule has 0 amide bonds. The predicted octanol–water partition coefficient (Wildman–Crippen LogP) is 6.45. The molecule has 1 N–H and O–H groups in total. The SMILES string of the molecule is C[C@@H]1CCCCN1Cc1c(O)ccc2c(=O)c(Oc3ccccc3Br)c(C(F)(F)F)oc12. The minimum absolute atomic E-state index is 0.0470. The summed E-state index contributed by atoms with van der Waals surface area (Å²) in [5.41, 5.74) is -1.08. The van der Waals surface area contributed by atoms with Gasteiger partial charge < -0.3 is 14.3 Å². The van der Waals surface area contributed by atoms with Crippen molar-refractivity contribution in [2.45, 2.75) is 44.9 Å². The Morgan fingerprint density at radius 1 is 1.22 bits per heavy atom. The van der Waals surface area contributed by atoms with Crippen LogP contribution >= 0.6 is 15.9 Å². The van der Waals surface area contributed by atoms with Gasteiger partial charge >= 0.3 is 6.18 Å². The summed E-state index contributed by atoms with van der Waals surface area (Å²) in [6.45, 7) is 2.95. The van der Waals surface area contributed by atoms with E-state index >= 15 is 0 Å². The number of aromatic hydroxyl groups is 1. The quantitative estimate of drug-likeness (QED) is 0.436. The standard InChI is InChI=1S/C23H21BrF3NO4/c1-13-6-4-5-11-28(13)12-15-17(29)10-9-14-19(30)21(22(23(25,26)27)32-20(14)15)31-18-8-3-2-7-16(18)24/h2-3,7-10,13,29H,4-6,11-12H2,1H3/t13-/m1/s1. The van der Waals surface area contributed by atoms with Crippen molar-refractivity contribution in [2.75, 3.05) is 6.54 Å². The number of phenols is 1. The molecule has 0 saturated carbocycles. The first-order chi connectivity index (χ1) is 15.2. The molecule has 1 atom stereocenters. The van der Waals surface area contributed by atoms with E-state index < -0.39 is 23.1 Å². The van der Waals surface area contributed by atoms with Crippen LogP contribution in [0.25, 0.3) is 11.0 Å². The zero-order valence-electron chi connectivity index (χ0n) is 17.2. The molecule has 2 heterocycles. The molecule has 0 unspecified atom stereocenters. The molecule has 1 aromatic heterocycles. The molecule has 170 valence electrons. The number of nitrogens with zero attached hydrogens (tertiary/aromatic N) is 1. The molecule has 3 aromatic rings. The lowest BCUT2D eigenvalue weighted by Crippen LogP contribution is -2.36. The summed E-state index contributed by atoms with van der Waals surface area (Å²) in [7, 11) is 0. The van der Waals surface area contributed by atoms with Crippen LogP contribution in [0.15, 0.2) is 50.1 Å². The van der Waals surface area contributed by atoms with Crippen LogP contribution in [0.2, 0.25) is 0 Å². The van der Waals surface area contributed by atoms with Crippen LogP contribution in [0.5, 0.6) is 17.2 Å². The van der Waals surface area contributed by atoms with E-state index in [-0.39, 0.29) is 40.6 Å². The third kappa shape index (κ3) is 4.36. The predicted molar refractivity (Wildman–Crippen MR) is 117 cm³/mol. The minimum atomic E-state index is -4.98. The van der Waals surface area contributed by atoms with Crippen LogP contribution < -0.4 is 10.2 Å². The maximum Gasteiger partial charge on any atom is 0.453 e. The summed E-state index contributed by atoms with van der Waals surface area (Å²) in [5.74, 6) is -2.65. The van der Waals surface area contributed by atoms with Crippen LogP contribution in [-0.4, -0.2) is 22.6 Å². The van der Waals surface area contributed by atoms with E-state index in [1.54, 1.807) is 18.2 Å². The fourth-order valence-electron chi connectivity index (χ4n) is 3.95. The van der Waals surface area contributed by atoms with Crippen LogP contribution in [0, 0.1) is 0 Å². The van der Waals surface area contributed by atoms with Crippen molar-refractivity contribution in [1.29, 1.82) is 0 Å². The topological polar surface area (TPSA) is 62.9 Å². The number of para-hydroxylation sites is 1. The van der Waals surface area contributed by atoms with E-state index in [4.69, 9.17) is 9.15 Å². The molecule has 0 radical (unpaired) electrons. The number of benzene rings is 2. The second-order valence-corrected chi connectivity index (χ2v) is 8.73. The lowest BCUT2D eigenvalue weighted by molar-refractivity contribution is -0.154. The lowest BCUT2D eigenvalue weighted by Gasteiger charge is -2.33. The van der Waals surface area contributed by atoms with E-state index in [0.29, 0.717) is 4.47 Å². The first-order valence-corrected chi connectivity index (χ1v) is 11.0. The van der Waals surface area contributed by atoms with Gasteiger partial charge in [-0.05, 0) is 66.5 Å². The summed E-state index contributed by atoms with van der Waals surface area (Å²) in [6, 6.07) is 9.03. The highest BCUT2D eigenvalue weighted by molar-refractivity contribution is 9.10. The number of hydrogen-bond acceptors (Lipinski definition) is 5. The Bertz CT molecular complexity index is 1210. The van der Waals surface area contributed by atoms with Gasteiger partial charge in [0.1, 0.15) is 17.1 Å². The number of alkyl halides is 3. The molecule has 0 aliphatic carbocycles. The highest BCUT2D eigenvalue weighted by atomic mass is 79.9. The molecule has 1 aliphatic rings. The molecule has 4 rings (SSSR count). The molecule has 1 fully saturated rings. The van der Waals surface area contributed by atoms with Gasteiger partial charge in [-0.15, -0.1) is 0 Å². The number of ether oxygens (including phenoxy) is 1. The highest BCUT2D eigenvalue weighted by Gasteiger charge is 2.41. The van der Waals surface area contributed by atoms with Gasteiger partial charge in [0, 0.05) is 12.6 Å². The Morgan fingerprint density at radius 3 is 2.66 bits per heavy atom. The van der Waals surface area contributed by atoms with Gasteiger partial charge in [0.25, 0.3) is 5.76 Å². The fourth-order valence-corrected chi connectivity index (χ4v) is 4.32. The van der Waals surface area contributed by atoms with Gasteiger partial charge in [0.15, 0.2) is 0 Å². The Morgan fingerprint density at radius 2 is 1.97 bits per heavy atom. The summed E-state index contributed by atoms with van der Waals surface area (Å²) >= 11 is 3.21. The molecule has 9 heteroatoms. The van der Waals surface area contributed by atoms with E-state index in [1.165, 1.54) is 18.2 Å². The van der Waals surface area contributed by atoms with Crippen LogP contribution in [-0.2, 0) is 12.7 Å². The molecule has 0 bridgehead atoms. The molecular weight excluding hydrogens is 491 g/mol. The zero-order chi connectivity index (χ0) is 23.0. The van der Waals surface area contributed by atoms with Crippen molar-refractivity contribution >= 4 is 26.9 Å². The first kappa shape index (κ1) is 22.7. The summed E-state index contributed by atoms with van der Waals surface area (Å²) < 4.78 is 52.8. The smallest absolute Gasteiger partial charge is 0.453 e. The van der Waals surface area contributed by atoms with Crippen LogP contribution in [0.3, 0.4) is 0 Å². The number of rotatable bonds is 4. The van der Waals surface area contributed by atoms with Gasteiger partial charge in [-0.25, -0.2) is 0 Å². The van der Waals surface area contributed by atoms with Gasteiger partial charge in [-0.3, -0.25) is 9.69 Å². The lowest BCUT2D eigenvalue weighted by atomic mass is 10.0. The number of fused-ring (bicyclic) bond motifs is 1. The van der Waals surface area contributed by atoms with Gasteiger partial charge in [-0.2, -0.15) is 13.2 Å². The van der Waals surface area contributed by atoms with Gasteiger partial charge in [-0.1, -0.05) is 18.6 Å². The highest BCUT2D eigenvalue weighted by Crippen LogP contribution is 2.41. The summed E-state index contributed by atoms with van der Waals surface area (Å²) in [5, 5.41) is 10.4. The molecule has 1 saturated heterocycles. The average Bonchev–Trinajstić information content (AvgIpc) is 2.74. The van der Waals surface area contributed by atoms with Crippen LogP contribution in [0.4, 0.5) is 13.2 Å². The maximum atomic E-state index is 13.9. The third-order valence-electron chi connectivity index (χ3n) is 5.70. The molecule has 32 heavy (non-hydrogen) atoms. The summed E-state index contributed by atoms with van der Waals surface area (Å²) in [6.07, 6.45) is -2.00. The van der Waals surface area contributed by atoms with E-state index in [0.717, 1.165) is 25.8 Å². The Balaban J connectivity index is 1.89. The van der Waals surface area contributed by atoms with E-state index in [1.807, 2.05) is 6.92 Å². The molecule has 2 aromatic carbocycles. The number of piperidine rings is 1. The van der Waals surface area contributed by atoms with Crippen molar-refractivity contribution < 1.29 is 27.4 Å². The summed E-state index contributed by atoms with van der Waals surface area (Å²) in [4.78, 5) is 15.2. The normalized spacial score (nSPS) is 17.6. The molecule has 0 spiro atoms. The average molecular weight is 512 g/mol. The van der Waals surface area contributed by atoms with Crippen molar-refractivity contribution in [1.82, 2.24) is 4.90 Å². The Labute approximate surface area is 190 Å². The number of likely N-dealkylation sites (tertiary alicyclic amines) is 1. The van der Waals surface area contributed by atoms with Crippen molar-refractivity contribution in [3.63, 3.8) is 0 Å². The zero-order valence-corrected chi connectivity index (χ0v) is 18.8. The second-order valence-electron chi connectivity index (χ2n) is 7.87. The monoisotopic (exact) mass is 511 g/mol. The van der Waals surface area contributed by atoms with Gasteiger partial charge in [0.05, 0.1) is 15.4 Å². The Kier molecular flexibility index (Phi) is 6.22. The van der Waals surface area contributed by atoms with Gasteiger partial charge in [0.2, 0.25) is 11.2 Å². The first-order valence-electron chi connectivity index (χ1n) is 10.2. The van der Waals surface area contributed by atoms with Crippen molar-refractivity contribution in [2.24, 2.45) is 0 Å². The number of hydrogen-bond donors (Lipinski definition) is 1. The minimum Gasteiger partial charge on any atom is -0.507 e. The number of phenolic OH excluding ortho intramolecular Hbond substituents is 1.